The number of nitrogens with one attached hydrogen (secondary N) is 1. The molecule has 0 aliphatic rings. The van der Waals surface area contributed by atoms with Crippen molar-refractivity contribution in [3.63, 3.8) is 0 Å². The third kappa shape index (κ3) is 3.44. The lowest BCUT2D eigenvalue weighted by molar-refractivity contribution is -0.125. The summed E-state index contributed by atoms with van der Waals surface area (Å²) in [6.07, 6.45) is 0. The minimum atomic E-state index is -4.71. The predicted octanol–water partition coefficient (Wildman–Crippen LogP) is 1.61. The summed E-state index contributed by atoms with van der Waals surface area (Å²) >= 11 is 0. The lowest BCUT2D eigenvalue weighted by atomic mass is 9.93. The number of benzene rings is 1. The van der Waals surface area contributed by atoms with Gasteiger partial charge in [0.05, 0.1) is 16.0 Å². The molecule has 20 heavy (non-hydrogen) atoms. The summed E-state index contributed by atoms with van der Waals surface area (Å²) in [5, 5.41) is 2.68. The maximum atomic E-state index is 12.6. The van der Waals surface area contributed by atoms with E-state index in [1.165, 1.54) is 18.2 Å². The zero-order valence-electron chi connectivity index (χ0n) is 11.1. The van der Waals surface area contributed by atoms with E-state index in [1.807, 2.05) is 0 Å². The molecule has 0 radical (unpaired) electrons. The standard InChI is InChI=1S/C12H16F2N2O3S/c1-12(2,10(15)17)7-16-8-5-3-4-6-9(8)20(18,19)11(13)14/h3-6,11,16H,7H2,1-2H3,(H2,15,17). The van der Waals surface area contributed by atoms with Gasteiger partial charge < -0.3 is 11.1 Å². The molecule has 0 heterocycles. The van der Waals surface area contributed by atoms with E-state index in [0.29, 0.717) is 0 Å². The summed E-state index contributed by atoms with van der Waals surface area (Å²) in [7, 11) is -4.71. The molecule has 0 fully saturated rings. The minimum absolute atomic E-state index is 0.0159. The van der Waals surface area contributed by atoms with Crippen molar-refractivity contribution >= 4 is 21.4 Å². The third-order valence-corrected chi connectivity index (χ3v) is 4.25. The van der Waals surface area contributed by atoms with Crippen LogP contribution in [0.4, 0.5) is 14.5 Å². The molecule has 0 unspecified atom stereocenters. The summed E-state index contributed by atoms with van der Waals surface area (Å²) in [6.45, 7) is 3.15. The topological polar surface area (TPSA) is 89.3 Å². The Morgan fingerprint density at radius 3 is 2.40 bits per heavy atom. The van der Waals surface area contributed by atoms with Crippen molar-refractivity contribution in [2.45, 2.75) is 24.5 Å². The summed E-state index contributed by atoms with van der Waals surface area (Å²) in [4.78, 5) is 10.7. The van der Waals surface area contributed by atoms with Gasteiger partial charge in [0, 0.05) is 6.54 Å². The molecule has 0 aromatic heterocycles. The predicted molar refractivity (Wildman–Crippen MR) is 71.1 cm³/mol. The number of anilines is 1. The number of alkyl halides is 2. The lowest BCUT2D eigenvalue weighted by Crippen LogP contribution is -2.37. The van der Waals surface area contributed by atoms with Crippen LogP contribution in [0.5, 0.6) is 0 Å². The summed E-state index contributed by atoms with van der Waals surface area (Å²) < 4.78 is 48.2. The lowest BCUT2D eigenvalue weighted by Gasteiger charge is -2.22. The van der Waals surface area contributed by atoms with Gasteiger partial charge in [-0.3, -0.25) is 4.79 Å². The van der Waals surface area contributed by atoms with Crippen molar-refractivity contribution in [3.05, 3.63) is 24.3 Å². The van der Waals surface area contributed by atoms with Crippen LogP contribution in [-0.2, 0) is 14.6 Å². The first-order chi connectivity index (χ1) is 9.09. The fourth-order valence-electron chi connectivity index (χ4n) is 1.36. The Kier molecular flexibility index (Phi) is 4.69. The third-order valence-electron chi connectivity index (χ3n) is 2.82. The average molecular weight is 306 g/mol. The second-order valence-electron chi connectivity index (χ2n) is 4.90. The van der Waals surface area contributed by atoms with Crippen molar-refractivity contribution in [3.8, 4) is 0 Å². The Hall–Kier alpha value is -1.70. The largest absolute Gasteiger partial charge is 0.383 e. The van der Waals surface area contributed by atoms with Gasteiger partial charge in [-0.25, -0.2) is 8.42 Å². The van der Waals surface area contributed by atoms with Crippen LogP contribution in [0.3, 0.4) is 0 Å². The number of carbonyl (C=O) groups excluding carboxylic acids is 1. The van der Waals surface area contributed by atoms with Crippen molar-refractivity contribution in [2.24, 2.45) is 11.1 Å². The van der Waals surface area contributed by atoms with Crippen LogP contribution in [0.1, 0.15) is 13.8 Å². The fourth-order valence-corrected chi connectivity index (χ4v) is 2.27. The average Bonchev–Trinajstić information content (AvgIpc) is 2.36. The second-order valence-corrected chi connectivity index (χ2v) is 6.79. The number of rotatable bonds is 6. The number of halogens is 2. The Morgan fingerprint density at radius 1 is 1.35 bits per heavy atom. The van der Waals surface area contributed by atoms with Gasteiger partial charge in [0.2, 0.25) is 15.7 Å². The van der Waals surface area contributed by atoms with Crippen LogP contribution in [-0.4, -0.2) is 26.6 Å². The molecule has 1 aromatic rings. The van der Waals surface area contributed by atoms with Gasteiger partial charge >= 0.3 is 5.76 Å². The van der Waals surface area contributed by atoms with E-state index in [1.54, 1.807) is 13.8 Å². The van der Waals surface area contributed by atoms with Gasteiger partial charge in [-0.05, 0) is 26.0 Å². The second kappa shape index (κ2) is 5.74. The molecule has 0 aliphatic carbocycles. The highest BCUT2D eigenvalue weighted by molar-refractivity contribution is 7.91. The molecular weight excluding hydrogens is 290 g/mol. The zero-order valence-corrected chi connectivity index (χ0v) is 11.9. The normalized spacial score (nSPS) is 12.4. The van der Waals surface area contributed by atoms with Gasteiger partial charge in [0.15, 0.2) is 0 Å². The van der Waals surface area contributed by atoms with Crippen LogP contribution < -0.4 is 11.1 Å². The molecule has 112 valence electrons. The Bertz CT molecular complexity index is 600. The van der Waals surface area contributed by atoms with Crippen LogP contribution in [0.25, 0.3) is 0 Å². The molecule has 5 nitrogen and oxygen atoms in total. The van der Waals surface area contributed by atoms with Crippen LogP contribution in [0.2, 0.25) is 0 Å². The van der Waals surface area contributed by atoms with Gasteiger partial charge in [0.25, 0.3) is 0 Å². The van der Waals surface area contributed by atoms with Crippen molar-refractivity contribution in [1.29, 1.82) is 0 Å². The van der Waals surface area contributed by atoms with E-state index in [4.69, 9.17) is 5.73 Å². The first kappa shape index (κ1) is 16.4. The minimum Gasteiger partial charge on any atom is -0.383 e. The Labute approximate surface area is 116 Å². The zero-order chi connectivity index (χ0) is 15.6. The highest BCUT2D eigenvalue weighted by Crippen LogP contribution is 2.27. The molecule has 0 aliphatic heterocycles. The maximum Gasteiger partial charge on any atom is 0.341 e. The molecule has 1 aromatic carbocycles. The first-order valence-electron chi connectivity index (χ1n) is 5.74. The maximum absolute atomic E-state index is 12.6. The van der Waals surface area contributed by atoms with Gasteiger partial charge in [-0.2, -0.15) is 8.78 Å². The van der Waals surface area contributed by atoms with Crippen molar-refractivity contribution in [1.82, 2.24) is 0 Å². The van der Waals surface area contributed by atoms with Gasteiger partial charge in [-0.15, -0.1) is 0 Å². The molecule has 3 N–H and O–H groups in total. The monoisotopic (exact) mass is 306 g/mol. The molecule has 8 heteroatoms. The van der Waals surface area contributed by atoms with Crippen LogP contribution in [0.15, 0.2) is 29.2 Å². The van der Waals surface area contributed by atoms with Gasteiger partial charge in [0.1, 0.15) is 0 Å². The summed E-state index contributed by atoms with van der Waals surface area (Å²) in [6, 6.07) is 5.29. The molecule has 0 saturated carbocycles. The smallest absolute Gasteiger partial charge is 0.341 e. The van der Waals surface area contributed by atoms with E-state index < -0.39 is 31.8 Å². The number of hydrogen-bond acceptors (Lipinski definition) is 4. The van der Waals surface area contributed by atoms with E-state index >= 15 is 0 Å². The molecule has 0 spiro atoms. The van der Waals surface area contributed by atoms with Crippen molar-refractivity contribution < 1.29 is 22.0 Å². The van der Waals surface area contributed by atoms with Gasteiger partial charge in [-0.1, -0.05) is 12.1 Å². The number of para-hydroxylation sites is 1. The molecule has 0 bridgehead atoms. The number of sulfone groups is 1. The molecule has 0 saturated heterocycles. The first-order valence-corrected chi connectivity index (χ1v) is 7.28. The quantitative estimate of drug-likeness (QED) is 0.835. The highest BCUT2D eigenvalue weighted by Gasteiger charge is 2.30. The number of hydrogen-bond donors (Lipinski definition) is 2. The van der Waals surface area contributed by atoms with Crippen molar-refractivity contribution in [2.75, 3.05) is 11.9 Å². The molecular formula is C12H16F2N2O3S. The summed E-state index contributed by atoms with van der Waals surface area (Å²) in [5.74, 6) is -4.09. The molecule has 0 atom stereocenters. The van der Waals surface area contributed by atoms with E-state index in [2.05, 4.69) is 5.32 Å². The van der Waals surface area contributed by atoms with Crippen LogP contribution in [0, 0.1) is 5.41 Å². The number of nitrogens with two attached hydrogens (primary N) is 1. The number of amides is 1. The van der Waals surface area contributed by atoms with E-state index in [9.17, 15) is 22.0 Å². The Balaban J connectivity index is 3.08. The summed E-state index contributed by atoms with van der Waals surface area (Å²) in [5.41, 5.74) is 4.26. The number of primary amides is 1. The fraction of sp³-hybridized carbons (Fsp3) is 0.417. The SMILES string of the molecule is CC(C)(CNc1ccccc1S(=O)(=O)C(F)F)C(N)=O. The molecule has 1 rings (SSSR count). The highest BCUT2D eigenvalue weighted by atomic mass is 32.2. The van der Waals surface area contributed by atoms with Crippen LogP contribution >= 0.6 is 0 Å². The molecule has 1 amide bonds. The van der Waals surface area contributed by atoms with E-state index in [-0.39, 0.29) is 12.2 Å². The van der Waals surface area contributed by atoms with E-state index in [0.717, 1.165) is 6.07 Å². The number of carbonyl (C=O) groups is 1. The Morgan fingerprint density at radius 2 is 1.90 bits per heavy atom.